The molecule has 1 heterocycles. The molecule has 0 spiro atoms. The Labute approximate surface area is 85.6 Å². The summed E-state index contributed by atoms with van der Waals surface area (Å²) in [5, 5.41) is 4.90. The summed E-state index contributed by atoms with van der Waals surface area (Å²) in [6, 6.07) is 5.28. The average Bonchev–Trinajstić information content (AvgIpc) is 2.68. The number of amides is 2. The van der Waals surface area contributed by atoms with E-state index in [1.54, 1.807) is 17.0 Å². The molecule has 0 saturated carbocycles. The van der Waals surface area contributed by atoms with Gasteiger partial charge in [-0.15, -0.1) is 0 Å². The fourth-order valence-corrected chi connectivity index (χ4v) is 1.25. The molecule has 1 aromatic carbocycles. The monoisotopic (exact) mass is 208 g/mol. The molecule has 0 atom stereocenters. The molecule has 0 saturated heterocycles. The molecule has 6 heteroatoms. The molecule has 0 fully saturated rings. The lowest BCUT2D eigenvalue weighted by molar-refractivity contribution is 0.215. The quantitative estimate of drug-likeness (QED) is 0.746. The van der Waals surface area contributed by atoms with Crippen LogP contribution in [0.1, 0.15) is 0 Å². The molecule has 1 aliphatic rings. The fourth-order valence-electron chi connectivity index (χ4n) is 1.25. The average molecular weight is 208 g/mol. The zero-order chi connectivity index (χ0) is 10.8. The first-order chi connectivity index (χ1) is 7.16. The number of carbonyl (C=O) groups excluding carboxylic acids is 1. The Kier molecular flexibility index (Phi) is 2.24. The van der Waals surface area contributed by atoms with Crippen LogP contribution >= 0.6 is 0 Å². The van der Waals surface area contributed by atoms with Crippen molar-refractivity contribution in [2.45, 2.75) is 0 Å². The molecule has 5 nitrogen and oxygen atoms in total. The molecule has 2 rings (SSSR count). The van der Waals surface area contributed by atoms with Gasteiger partial charge >= 0.3 is 6.03 Å². The minimum absolute atomic E-state index is 0.251. The van der Waals surface area contributed by atoms with Crippen molar-refractivity contribution >= 4 is 18.1 Å². The Balaban J connectivity index is 2.12. The van der Waals surface area contributed by atoms with E-state index in [-0.39, 0.29) is 12.5 Å². The Hall–Kier alpha value is -2.11. The summed E-state index contributed by atoms with van der Waals surface area (Å²) in [5.74, 6) is -0.304. The number of hydrogen-bond donors (Lipinski definition) is 1. The number of nitrogens with two attached hydrogens (primary N) is 1. The minimum atomic E-state index is -0.615. The highest BCUT2D eigenvalue weighted by atomic mass is 19.1. The smallest absolute Gasteiger partial charge is 0.336 e. The number of hydrogen-bond acceptors (Lipinski definition) is 3. The number of nitrogens with zero attached hydrogens (tertiary/aromatic N) is 3. The van der Waals surface area contributed by atoms with Crippen molar-refractivity contribution < 1.29 is 9.18 Å². The minimum Gasteiger partial charge on any atom is -0.350 e. The first-order valence-electron chi connectivity index (χ1n) is 4.30. The van der Waals surface area contributed by atoms with E-state index in [0.717, 1.165) is 10.7 Å². The van der Waals surface area contributed by atoms with Crippen molar-refractivity contribution in [1.82, 2.24) is 5.01 Å². The van der Waals surface area contributed by atoms with Crippen molar-refractivity contribution in [1.29, 1.82) is 0 Å². The van der Waals surface area contributed by atoms with Crippen molar-refractivity contribution in [3.63, 3.8) is 0 Å². The van der Waals surface area contributed by atoms with E-state index in [1.165, 1.54) is 18.5 Å². The molecule has 2 amide bonds. The first-order valence-corrected chi connectivity index (χ1v) is 4.30. The van der Waals surface area contributed by atoms with Crippen molar-refractivity contribution in [2.24, 2.45) is 10.8 Å². The van der Waals surface area contributed by atoms with E-state index in [0.29, 0.717) is 0 Å². The van der Waals surface area contributed by atoms with Crippen LogP contribution in [0, 0.1) is 5.82 Å². The number of urea groups is 1. The number of carbonyl (C=O) groups is 1. The van der Waals surface area contributed by atoms with Crippen LogP contribution in [0.15, 0.2) is 29.4 Å². The fraction of sp³-hybridized carbons (Fsp3) is 0.111. The van der Waals surface area contributed by atoms with Gasteiger partial charge in [0.1, 0.15) is 18.8 Å². The summed E-state index contributed by atoms with van der Waals surface area (Å²) in [6.45, 7) is 0.251. The van der Waals surface area contributed by atoms with Crippen LogP contribution < -0.4 is 10.6 Å². The number of benzene rings is 1. The molecule has 2 N–H and O–H groups in total. The maximum atomic E-state index is 12.6. The van der Waals surface area contributed by atoms with Crippen LogP contribution in [0.2, 0.25) is 0 Å². The van der Waals surface area contributed by atoms with Crippen LogP contribution in [-0.4, -0.2) is 24.0 Å². The zero-order valence-corrected chi connectivity index (χ0v) is 7.80. The highest BCUT2D eigenvalue weighted by molar-refractivity contribution is 5.84. The SMILES string of the molecule is NC(=O)N1CN(c2ccc(F)cc2)C=N1. The molecule has 1 aliphatic heterocycles. The number of hydrazone groups is 1. The Bertz CT molecular complexity index is 403. The topological polar surface area (TPSA) is 61.9 Å². The summed E-state index contributed by atoms with van der Waals surface area (Å²) in [7, 11) is 0. The highest BCUT2D eigenvalue weighted by Crippen LogP contribution is 2.16. The van der Waals surface area contributed by atoms with Crippen molar-refractivity contribution in [2.75, 3.05) is 11.6 Å². The van der Waals surface area contributed by atoms with E-state index in [4.69, 9.17) is 5.73 Å². The van der Waals surface area contributed by atoms with Crippen molar-refractivity contribution in [3.05, 3.63) is 30.1 Å². The van der Waals surface area contributed by atoms with Gasteiger partial charge in [0, 0.05) is 5.69 Å². The Morgan fingerprint density at radius 2 is 2.07 bits per heavy atom. The van der Waals surface area contributed by atoms with E-state index < -0.39 is 6.03 Å². The van der Waals surface area contributed by atoms with Crippen LogP contribution in [0.4, 0.5) is 14.9 Å². The predicted molar refractivity (Wildman–Crippen MR) is 53.7 cm³/mol. The third-order valence-corrected chi connectivity index (χ3v) is 2.03. The summed E-state index contributed by atoms with van der Waals surface area (Å²) >= 11 is 0. The van der Waals surface area contributed by atoms with Gasteiger partial charge in [0.25, 0.3) is 0 Å². The second-order valence-electron chi connectivity index (χ2n) is 3.06. The molecule has 0 aromatic heterocycles. The molecule has 1 aromatic rings. The number of anilines is 1. The second kappa shape index (κ2) is 3.56. The largest absolute Gasteiger partial charge is 0.350 e. The van der Waals surface area contributed by atoms with E-state index in [9.17, 15) is 9.18 Å². The summed E-state index contributed by atoms with van der Waals surface area (Å²) in [6.07, 6.45) is 1.47. The molecule has 78 valence electrons. The molecular formula is C9H9FN4O. The lowest BCUT2D eigenvalue weighted by Gasteiger charge is -2.15. The maximum Gasteiger partial charge on any atom is 0.336 e. The third kappa shape index (κ3) is 1.88. The molecule has 0 unspecified atom stereocenters. The number of rotatable bonds is 1. The molecule has 0 bridgehead atoms. The summed E-state index contributed by atoms with van der Waals surface area (Å²) < 4.78 is 12.6. The van der Waals surface area contributed by atoms with Gasteiger partial charge in [0.2, 0.25) is 0 Å². The van der Waals surface area contributed by atoms with Crippen LogP contribution in [0.3, 0.4) is 0 Å². The van der Waals surface area contributed by atoms with Gasteiger partial charge in [-0.05, 0) is 24.3 Å². The first kappa shape index (κ1) is 9.45. The molecule has 15 heavy (non-hydrogen) atoms. The van der Waals surface area contributed by atoms with Gasteiger partial charge in [0.05, 0.1) is 0 Å². The molecule has 0 aliphatic carbocycles. The van der Waals surface area contributed by atoms with Gasteiger partial charge in [0.15, 0.2) is 0 Å². The molecule has 0 radical (unpaired) electrons. The zero-order valence-electron chi connectivity index (χ0n) is 7.80. The molecular weight excluding hydrogens is 199 g/mol. The summed E-state index contributed by atoms with van der Waals surface area (Å²) in [4.78, 5) is 12.5. The summed E-state index contributed by atoms with van der Waals surface area (Å²) in [5.41, 5.74) is 5.80. The Morgan fingerprint density at radius 3 is 2.60 bits per heavy atom. The van der Waals surface area contributed by atoms with Gasteiger partial charge in [-0.25, -0.2) is 9.18 Å². The number of halogens is 1. The van der Waals surface area contributed by atoms with Gasteiger partial charge in [-0.2, -0.15) is 10.1 Å². The number of primary amides is 1. The standard InChI is InChI=1S/C9H9FN4O/c10-7-1-3-8(4-2-7)13-5-12-14(6-13)9(11)15/h1-5H,6H2,(H2,11,15). The third-order valence-electron chi connectivity index (χ3n) is 2.03. The maximum absolute atomic E-state index is 12.6. The van der Waals surface area contributed by atoms with Crippen LogP contribution in [0.5, 0.6) is 0 Å². The van der Waals surface area contributed by atoms with Gasteiger partial charge < -0.3 is 10.6 Å². The van der Waals surface area contributed by atoms with Crippen LogP contribution in [-0.2, 0) is 0 Å². The van der Waals surface area contributed by atoms with E-state index in [1.807, 2.05) is 0 Å². The van der Waals surface area contributed by atoms with Crippen LogP contribution in [0.25, 0.3) is 0 Å². The second-order valence-corrected chi connectivity index (χ2v) is 3.06. The normalized spacial score (nSPS) is 14.7. The van der Waals surface area contributed by atoms with E-state index in [2.05, 4.69) is 5.10 Å². The lowest BCUT2D eigenvalue weighted by atomic mass is 10.3. The van der Waals surface area contributed by atoms with Gasteiger partial charge in [-0.3, -0.25) is 0 Å². The predicted octanol–water partition coefficient (Wildman–Crippen LogP) is 0.927. The highest BCUT2D eigenvalue weighted by Gasteiger charge is 2.18. The lowest BCUT2D eigenvalue weighted by Crippen LogP contribution is -2.34. The Morgan fingerprint density at radius 1 is 1.40 bits per heavy atom. The van der Waals surface area contributed by atoms with Gasteiger partial charge in [-0.1, -0.05) is 0 Å². The van der Waals surface area contributed by atoms with Crippen molar-refractivity contribution in [3.8, 4) is 0 Å². The van der Waals surface area contributed by atoms with E-state index >= 15 is 0 Å².